The topological polar surface area (TPSA) is 37.3 Å². The zero-order valence-electron chi connectivity index (χ0n) is 9.30. The molecule has 2 nitrogen and oxygen atoms in total. The minimum absolute atomic E-state index is 0.0318. The van der Waals surface area contributed by atoms with Gasteiger partial charge in [-0.15, -0.1) is 0 Å². The van der Waals surface area contributed by atoms with Crippen LogP contribution in [0, 0.1) is 0 Å². The SMILES string of the molecule is CC(C(=O)O)=C(C)c1cccc(C(F)(F)F)c1. The van der Waals surface area contributed by atoms with Crippen molar-refractivity contribution in [2.75, 3.05) is 0 Å². The average Bonchev–Trinajstić information content (AvgIpc) is 2.26. The maximum Gasteiger partial charge on any atom is 0.416 e. The molecule has 0 spiro atoms. The molecule has 0 atom stereocenters. The van der Waals surface area contributed by atoms with Gasteiger partial charge < -0.3 is 5.11 Å². The third-order valence-corrected chi connectivity index (χ3v) is 2.51. The van der Waals surface area contributed by atoms with Crippen LogP contribution in [0.15, 0.2) is 29.8 Å². The summed E-state index contributed by atoms with van der Waals surface area (Å²) in [5.74, 6) is -1.14. The van der Waals surface area contributed by atoms with E-state index in [1.807, 2.05) is 0 Å². The van der Waals surface area contributed by atoms with E-state index in [1.54, 1.807) is 0 Å². The summed E-state index contributed by atoms with van der Waals surface area (Å²) in [7, 11) is 0. The molecule has 0 amide bonds. The molecule has 0 aliphatic rings. The van der Waals surface area contributed by atoms with E-state index in [4.69, 9.17) is 5.11 Å². The van der Waals surface area contributed by atoms with E-state index in [9.17, 15) is 18.0 Å². The Labute approximate surface area is 96.4 Å². The van der Waals surface area contributed by atoms with Crippen LogP contribution in [0.5, 0.6) is 0 Å². The molecule has 0 saturated heterocycles. The summed E-state index contributed by atoms with van der Waals surface area (Å²) in [6, 6.07) is 4.61. The van der Waals surface area contributed by atoms with E-state index in [0.29, 0.717) is 5.57 Å². The predicted molar refractivity (Wildman–Crippen MR) is 57.3 cm³/mol. The average molecular weight is 244 g/mol. The molecule has 92 valence electrons. The lowest BCUT2D eigenvalue weighted by Crippen LogP contribution is -2.05. The van der Waals surface area contributed by atoms with Crippen molar-refractivity contribution in [3.05, 3.63) is 41.0 Å². The Morgan fingerprint density at radius 1 is 1.24 bits per heavy atom. The van der Waals surface area contributed by atoms with Crippen LogP contribution < -0.4 is 0 Å². The Hall–Kier alpha value is -1.78. The van der Waals surface area contributed by atoms with Crippen molar-refractivity contribution >= 4 is 11.5 Å². The van der Waals surface area contributed by atoms with Gasteiger partial charge in [-0.2, -0.15) is 13.2 Å². The zero-order chi connectivity index (χ0) is 13.2. The van der Waals surface area contributed by atoms with Gasteiger partial charge in [0.2, 0.25) is 0 Å². The minimum atomic E-state index is -4.42. The molecule has 1 aromatic carbocycles. The van der Waals surface area contributed by atoms with Gasteiger partial charge in [0.1, 0.15) is 0 Å². The normalized spacial score (nSPS) is 13.2. The highest BCUT2D eigenvalue weighted by Gasteiger charge is 2.30. The Bertz CT molecular complexity index is 473. The summed E-state index contributed by atoms with van der Waals surface area (Å²) in [6.07, 6.45) is -4.42. The second kappa shape index (κ2) is 4.61. The van der Waals surface area contributed by atoms with Gasteiger partial charge in [-0.1, -0.05) is 12.1 Å². The number of hydrogen-bond donors (Lipinski definition) is 1. The van der Waals surface area contributed by atoms with Crippen LogP contribution in [0.4, 0.5) is 13.2 Å². The first-order valence-corrected chi connectivity index (χ1v) is 4.82. The van der Waals surface area contributed by atoms with Gasteiger partial charge in [0.05, 0.1) is 5.56 Å². The summed E-state index contributed by atoms with van der Waals surface area (Å²) in [5.41, 5.74) is -0.166. The van der Waals surface area contributed by atoms with Crippen LogP contribution in [0.2, 0.25) is 0 Å². The van der Waals surface area contributed by atoms with Crippen molar-refractivity contribution in [2.24, 2.45) is 0 Å². The monoisotopic (exact) mass is 244 g/mol. The van der Waals surface area contributed by atoms with Crippen LogP contribution >= 0.6 is 0 Å². The number of hydrogen-bond acceptors (Lipinski definition) is 1. The summed E-state index contributed by atoms with van der Waals surface area (Å²) in [4.78, 5) is 10.7. The van der Waals surface area contributed by atoms with Gasteiger partial charge in [-0.25, -0.2) is 4.79 Å². The quantitative estimate of drug-likeness (QED) is 0.807. The van der Waals surface area contributed by atoms with Crippen molar-refractivity contribution in [3.8, 4) is 0 Å². The third kappa shape index (κ3) is 3.09. The van der Waals surface area contributed by atoms with E-state index in [0.717, 1.165) is 12.1 Å². The molecule has 0 radical (unpaired) electrons. The standard InChI is InChI=1S/C12H11F3O2/c1-7(8(2)11(16)17)9-4-3-5-10(6-9)12(13,14)15/h3-6H,1-2H3,(H,16,17). The summed E-state index contributed by atoms with van der Waals surface area (Å²) < 4.78 is 37.4. The van der Waals surface area contributed by atoms with Crippen molar-refractivity contribution in [1.82, 2.24) is 0 Å². The first kappa shape index (κ1) is 13.3. The first-order chi connectivity index (χ1) is 7.73. The van der Waals surface area contributed by atoms with Crippen LogP contribution in [0.25, 0.3) is 5.57 Å². The van der Waals surface area contributed by atoms with Gasteiger partial charge in [0, 0.05) is 5.57 Å². The van der Waals surface area contributed by atoms with Crippen molar-refractivity contribution < 1.29 is 23.1 Å². The molecule has 1 N–H and O–H groups in total. The van der Waals surface area contributed by atoms with Gasteiger partial charge >= 0.3 is 12.1 Å². The molecule has 1 rings (SSSR count). The molecule has 0 aliphatic carbocycles. The number of carbonyl (C=O) groups is 1. The van der Waals surface area contributed by atoms with Gasteiger partial charge in [0.15, 0.2) is 0 Å². The Kier molecular flexibility index (Phi) is 3.60. The van der Waals surface area contributed by atoms with E-state index in [1.165, 1.54) is 26.0 Å². The molecule has 1 aromatic rings. The zero-order valence-corrected chi connectivity index (χ0v) is 9.30. The first-order valence-electron chi connectivity index (χ1n) is 4.82. The molecule has 17 heavy (non-hydrogen) atoms. The van der Waals surface area contributed by atoms with E-state index < -0.39 is 17.7 Å². The smallest absolute Gasteiger partial charge is 0.416 e. The highest BCUT2D eigenvalue weighted by atomic mass is 19.4. The molecule has 0 fully saturated rings. The second-order valence-corrected chi connectivity index (χ2v) is 3.63. The lowest BCUT2D eigenvalue weighted by Gasteiger charge is -2.10. The largest absolute Gasteiger partial charge is 0.478 e. The van der Waals surface area contributed by atoms with Crippen molar-refractivity contribution in [1.29, 1.82) is 0 Å². The fraction of sp³-hybridized carbons (Fsp3) is 0.250. The Morgan fingerprint density at radius 3 is 2.29 bits per heavy atom. The third-order valence-electron chi connectivity index (χ3n) is 2.51. The van der Waals surface area contributed by atoms with Crippen molar-refractivity contribution in [3.63, 3.8) is 0 Å². The van der Waals surface area contributed by atoms with Gasteiger partial charge in [-0.05, 0) is 37.1 Å². The molecule has 0 bridgehead atoms. The minimum Gasteiger partial charge on any atom is -0.478 e. The highest BCUT2D eigenvalue weighted by molar-refractivity contribution is 5.95. The molecule has 0 aliphatic heterocycles. The fourth-order valence-electron chi connectivity index (χ4n) is 1.31. The van der Waals surface area contributed by atoms with E-state index in [2.05, 4.69) is 0 Å². The number of carboxylic acid groups (broad SMARTS) is 1. The molecular weight excluding hydrogens is 233 g/mol. The van der Waals surface area contributed by atoms with Crippen LogP contribution in [-0.2, 0) is 11.0 Å². The molecule has 0 unspecified atom stereocenters. The molecular formula is C12H11F3O2. The van der Waals surface area contributed by atoms with E-state index in [-0.39, 0.29) is 11.1 Å². The Morgan fingerprint density at radius 2 is 1.82 bits per heavy atom. The van der Waals surface area contributed by atoms with Crippen LogP contribution in [0.1, 0.15) is 25.0 Å². The number of alkyl halides is 3. The van der Waals surface area contributed by atoms with Gasteiger partial charge in [0.25, 0.3) is 0 Å². The maximum atomic E-state index is 12.5. The number of aliphatic carboxylic acids is 1. The van der Waals surface area contributed by atoms with E-state index >= 15 is 0 Å². The van der Waals surface area contributed by atoms with Crippen molar-refractivity contribution in [2.45, 2.75) is 20.0 Å². The lowest BCUT2D eigenvalue weighted by molar-refractivity contribution is -0.137. The number of carboxylic acids is 1. The number of halogens is 3. The molecule has 0 aromatic heterocycles. The molecule has 0 saturated carbocycles. The fourth-order valence-corrected chi connectivity index (χ4v) is 1.31. The summed E-state index contributed by atoms with van der Waals surface area (Å²) in [6.45, 7) is 2.84. The predicted octanol–water partition coefficient (Wildman–Crippen LogP) is 3.58. The summed E-state index contributed by atoms with van der Waals surface area (Å²) in [5, 5.41) is 8.76. The maximum absolute atomic E-state index is 12.5. The number of rotatable bonds is 2. The molecule has 0 heterocycles. The number of benzene rings is 1. The second-order valence-electron chi connectivity index (χ2n) is 3.63. The summed E-state index contributed by atoms with van der Waals surface area (Å²) >= 11 is 0. The Balaban J connectivity index is 3.26. The highest BCUT2D eigenvalue weighted by Crippen LogP contribution is 2.31. The van der Waals surface area contributed by atoms with Gasteiger partial charge in [-0.3, -0.25) is 0 Å². The van der Waals surface area contributed by atoms with Crippen LogP contribution in [-0.4, -0.2) is 11.1 Å². The lowest BCUT2D eigenvalue weighted by atomic mass is 10.0. The number of allylic oxidation sites excluding steroid dienone is 1. The van der Waals surface area contributed by atoms with Crippen LogP contribution in [0.3, 0.4) is 0 Å². The molecule has 5 heteroatoms.